The topological polar surface area (TPSA) is 58.6 Å². The van der Waals surface area contributed by atoms with E-state index in [2.05, 4.69) is 26.1 Å². The molecule has 1 atom stereocenters. The van der Waals surface area contributed by atoms with Crippen molar-refractivity contribution in [2.45, 2.75) is 59.0 Å². The highest BCUT2D eigenvalue weighted by Crippen LogP contribution is 2.24. The Hall–Kier alpha value is -3.67. The van der Waals surface area contributed by atoms with Crippen LogP contribution in [0.25, 0.3) is 0 Å². The molecule has 0 aromatic heterocycles. The molecule has 3 rings (SSSR count). The number of hydrogen-bond donors (Lipinski definition) is 1. The van der Waals surface area contributed by atoms with Crippen LogP contribution in [0.3, 0.4) is 0 Å². The van der Waals surface area contributed by atoms with Crippen LogP contribution in [0.5, 0.6) is 5.75 Å². The summed E-state index contributed by atoms with van der Waals surface area (Å²) in [5.41, 5.74) is 2.40. The number of benzene rings is 3. The molecule has 0 heterocycles. The van der Waals surface area contributed by atoms with Crippen molar-refractivity contribution in [1.29, 1.82) is 0 Å². The lowest BCUT2D eigenvalue weighted by atomic mass is 9.87. The molecular weight excluding hydrogens is 479 g/mol. The maximum absolute atomic E-state index is 14.7. The van der Waals surface area contributed by atoms with Crippen molar-refractivity contribution >= 4 is 11.8 Å². The lowest BCUT2D eigenvalue weighted by molar-refractivity contribution is -0.142. The first-order chi connectivity index (χ1) is 18.0. The van der Waals surface area contributed by atoms with E-state index in [1.165, 1.54) is 11.0 Å². The smallest absolute Gasteiger partial charge is 0.261 e. The van der Waals surface area contributed by atoms with Crippen LogP contribution in [0.1, 0.15) is 51.3 Å². The number of nitrogens with zero attached hydrogens (tertiary/aromatic N) is 1. The molecule has 0 aliphatic rings. The van der Waals surface area contributed by atoms with E-state index in [1.54, 1.807) is 18.2 Å². The molecule has 1 N–H and O–H groups in total. The van der Waals surface area contributed by atoms with Crippen molar-refractivity contribution in [1.82, 2.24) is 10.2 Å². The zero-order chi connectivity index (χ0) is 27.7. The van der Waals surface area contributed by atoms with Gasteiger partial charge in [-0.1, -0.05) is 95.3 Å². The first-order valence-corrected chi connectivity index (χ1v) is 13.1. The van der Waals surface area contributed by atoms with Crippen molar-refractivity contribution in [3.05, 3.63) is 101 Å². The molecule has 2 amide bonds. The zero-order valence-corrected chi connectivity index (χ0v) is 23.0. The number of carbonyl (C=O) groups is 2. The summed E-state index contributed by atoms with van der Waals surface area (Å²) in [6, 6.07) is 22.6. The maximum atomic E-state index is 14.7. The van der Waals surface area contributed by atoms with Gasteiger partial charge in [-0.15, -0.1) is 0 Å². The van der Waals surface area contributed by atoms with Gasteiger partial charge in [0.05, 0.1) is 0 Å². The summed E-state index contributed by atoms with van der Waals surface area (Å²) in [6.45, 7) is 10.6. The van der Waals surface area contributed by atoms with Crippen LogP contribution < -0.4 is 10.1 Å². The van der Waals surface area contributed by atoms with Crippen LogP contribution in [-0.2, 0) is 28.0 Å². The molecule has 202 valence electrons. The molecule has 3 aromatic carbocycles. The van der Waals surface area contributed by atoms with Crippen molar-refractivity contribution in [2.24, 2.45) is 5.92 Å². The van der Waals surface area contributed by atoms with Crippen LogP contribution in [-0.4, -0.2) is 35.9 Å². The lowest BCUT2D eigenvalue weighted by Crippen LogP contribution is -2.52. The number of amides is 2. The van der Waals surface area contributed by atoms with Gasteiger partial charge in [-0.05, 0) is 40.7 Å². The number of nitrogens with one attached hydrogen (secondary N) is 1. The van der Waals surface area contributed by atoms with Crippen molar-refractivity contribution in [3.8, 4) is 5.75 Å². The van der Waals surface area contributed by atoms with E-state index in [-0.39, 0.29) is 30.4 Å². The van der Waals surface area contributed by atoms with Gasteiger partial charge < -0.3 is 15.0 Å². The van der Waals surface area contributed by atoms with Crippen molar-refractivity contribution in [3.63, 3.8) is 0 Å². The van der Waals surface area contributed by atoms with Gasteiger partial charge in [-0.25, -0.2) is 4.39 Å². The third kappa shape index (κ3) is 8.44. The summed E-state index contributed by atoms with van der Waals surface area (Å²) in [5.74, 6) is -0.298. The molecule has 0 bridgehead atoms. The number of ether oxygens (including phenoxy) is 1. The molecule has 0 radical (unpaired) electrons. The fraction of sp³-hybridized carbons (Fsp3) is 0.375. The Labute approximate surface area is 226 Å². The third-order valence-corrected chi connectivity index (χ3v) is 6.34. The minimum Gasteiger partial charge on any atom is -0.484 e. The van der Waals surface area contributed by atoms with E-state index in [4.69, 9.17) is 4.74 Å². The third-order valence-electron chi connectivity index (χ3n) is 6.34. The summed E-state index contributed by atoms with van der Waals surface area (Å²) in [6.07, 6.45) is 0.297. The van der Waals surface area contributed by atoms with Gasteiger partial charge in [-0.2, -0.15) is 0 Å². The highest BCUT2D eigenvalue weighted by Gasteiger charge is 2.31. The van der Waals surface area contributed by atoms with E-state index < -0.39 is 17.8 Å². The average molecular weight is 519 g/mol. The van der Waals surface area contributed by atoms with Crippen LogP contribution in [0, 0.1) is 11.7 Å². The highest BCUT2D eigenvalue weighted by atomic mass is 19.1. The van der Waals surface area contributed by atoms with E-state index in [9.17, 15) is 14.0 Å². The zero-order valence-electron chi connectivity index (χ0n) is 23.0. The van der Waals surface area contributed by atoms with E-state index in [0.29, 0.717) is 24.3 Å². The van der Waals surface area contributed by atoms with Crippen LogP contribution in [0.2, 0.25) is 0 Å². The van der Waals surface area contributed by atoms with E-state index in [0.717, 1.165) is 11.1 Å². The summed E-state index contributed by atoms with van der Waals surface area (Å²) < 4.78 is 20.5. The van der Waals surface area contributed by atoms with Crippen molar-refractivity contribution in [2.75, 3.05) is 13.2 Å². The second kappa shape index (κ2) is 13.2. The standard InChI is InChI=1S/C32H39FN2O3/c1-23(2)20-34-31(37)29(19-24-11-7-6-8-12-24)35(21-25-13-9-10-14-28(25)33)30(36)22-38-27-17-15-26(16-18-27)32(3,4)5/h6-18,23,29H,19-22H2,1-5H3,(H,34,37)/t29-/m0/s1. The SMILES string of the molecule is CC(C)CNC(=O)[C@H](Cc1ccccc1)N(Cc1ccccc1F)C(=O)COc1ccc(C(C)(C)C)cc1. The second-order valence-electron chi connectivity index (χ2n) is 11.0. The van der Waals surface area contributed by atoms with E-state index >= 15 is 0 Å². The van der Waals surface area contributed by atoms with Gasteiger partial charge in [-0.3, -0.25) is 9.59 Å². The van der Waals surface area contributed by atoms with Gasteiger partial charge in [0.2, 0.25) is 5.91 Å². The number of halogens is 1. The first kappa shape index (κ1) is 28.9. The summed E-state index contributed by atoms with van der Waals surface area (Å²) in [4.78, 5) is 28.5. The van der Waals surface area contributed by atoms with Gasteiger partial charge in [0, 0.05) is 25.1 Å². The molecule has 0 spiro atoms. The summed E-state index contributed by atoms with van der Waals surface area (Å²) >= 11 is 0. The summed E-state index contributed by atoms with van der Waals surface area (Å²) in [5, 5.41) is 2.96. The Morgan fingerprint density at radius 1 is 0.921 bits per heavy atom. The molecule has 0 saturated carbocycles. The quantitative estimate of drug-likeness (QED) is 0.343. The van der Waals surface area contributed by atoms with Crippen LogP contribution in [0.15, 0.2) is 78.9 Å². The number of rotatable bonds is 11. The van der Waals surface area contributed by atoms with Gasteiger partial charge in [0.15, 0.2) is 6.61 Å². The molecule has 38 heavy (non-hydrogen) atoms. The van der Waals surface area contributed by atoms with Crippen LogP contribution >= 0.6 is 0 Å². The Kier molecular flexibility index (Phi) is 10.1. The molecular formula is C32H39FN2O3. The normalized spacial score (nSPS) is 12.2. The Morgan fingerprint density at radius 3 is 2.16 bits per heavy atom. The van der Waals surface area contributed by atoms with Gasteiger partial charge in [0.25, 0.3) is 5.91 Å². The largest absolute Gasteiger partial charge is 0.484 e. The number of hydrogen-bond acceptors (Lipinski definition) is 3. The Morgan fingerprint density at radius 2 is 1.55 bits per heavy atom. The lowest BCUT2D eigenvalue weighted by Gasteiger charge is -2.32. The molecule has 5 nitrogen and oxygen atoms in total. The predicted molar refractivity (Wildman–Crippen MR) is 149 cm³/mol. The first-order valence-electron chi connectivity index (χ1n) is 13.1. The molecule has 6 heteroatoms. The maximum Gasteiger partial charge on any atom is 0.261 e. The average Bonchev–Trinajstić information content (AvgIpc) is 2.89. The highest BCUT2D eigenvalue weighted by molar-refractivity contribution is 5.88. The van der Waals surface area contributed by atoms with Crippen LogP contribution in [0.4, 0.5) is 4.39 Å². The minimum absolute atomic E-state index is 0.00108. The molecule has 0 aliphatic carbocycles. The number of carbonyl (C=O) groups excluding carboxylic acids is 2. The Bertz CT molecular complexity index is 1190. The van der Waals surface area contributed by atoms with Crippen molar-refractivity contribution < 1.29 is 18.7 Å². The minimum atomic E-state index is -0.838. The molecule has 0 saturated heterocycles. The fourth-order valence-electron chi connectivity index (χ4n) is 4.07. The molecule has 3 aromatic rings. The molecule has 0 unspecified atom stereocenters. The fourth-order valence-corrected chi connectivity index (χ4v) is 4.07. The Balaban J connectivity index is 1.88. The second-order valence-corrected chi connectivity index (χ2v) is 11.0. The summed E-state index contributed by atoms with van der Waals surface area (Å²) in [7, 11) is 0. The van der Waals surface area contributed by atoms with Gasteiger partial charge >= 0.3 is 0 Å². The predicted octanol–water partition coefficient (Wildman–Crippen LogP) is 5.91. The molecule has 0 fully saturated rings. The molecule has 0 aliphatic heterocycles. The van der Waals surface area contributed by atoms with E-state index in [1.807, 2.05) is 68.4 Å². The monoisotopic (exact) mass is 518 g/mol. The van der Waals surface area contributed by atoms with Gasteiger partial charge in [0.1, 0.15) is 17.6 Å².